The van der Waals surface area contributed by atoms with E-state index in [1.807, 2.05) is 0 Å². The maximum Gasteiger partial charge on any atom is 0.312 e. The Kier molecular flexibility index (Phi) is 2.52. The summed E-state index contributed by atoms with van der Waals surface area (Å²) in [4.78, 5) is 21.0. The Morgan fingerprint density at radius 2 is 2.08 bits per heavy atom. The number of nitrogens with two attached hydrogens (primary N) is 1. The van der Waals surface area contributed by atoms with Crippen molar-refractivity contribution < 1.29 is 14.7 Å². The first kappa shape index (κ1) is 8.83. The molecule has 0 heterocycles. The molecular weight excluding hydrogens is 160 g/mol. The van der Waals surface area contributed by atoms with Gasteiger partial charge in [-0.05, 0) is 12.8 Å². The number of carboxylic acids is 1. The lowest BCUT2D eigenvalue weighted by molar-refractivity contribution is -0.142. The second kappa shape index (κ2) is 3.42. The largest absolute Gasteiger partial charge is 0.481 e. The van der Waals surface area contributed by atoms with Crippen LogP contribution in [0.15, 0.2) is 0 Å². The molecule has 0 aliphatic heterocycles. The molecule has 1 fully saturated rings. The average Bonchev–Trinajstić information content (AvgIpc) is 2.33. The van der Waals surface area contributed by atoms with Gasteiger partial charge in [-0.3, -0.25) is 4.79 Å². The highest BCUT2D eigenvalue weighted by molar-refractivity contribution is 5.75. The fraction of sp³-hybridized carbons (Fsp3) is 0.714. The molecule has 68 valence electrons. The molecule has 0 bridgehead atoms. The van der Waals surface area contributed by atoms with Crippen molar-refractivity contribution in [1.82, 2.24) is 5.32 Å². The van der Waals surface area contributed by atoms with Crippen LogP contribution in [-0.2, 0) is 4.79 Å². The Hall–Kier alpha value is -1.26. The van der Waals surface area contributed by atoms with Gasteiger partial charge in [0.1, 0.15) is 0 Å². The molecule has 1 rings (SSSR count). The topological polar surface area (TPSA) is 92.4 Å². The molecule has 5 heteroatoms. The van der Waals surface area contributed by atoms with E-state index in [9.17, 15) is 9.59 Å². The van der Waals surface area contributed by atoms with Gasteiger partial charge in [0.15, 0.2) is 0 Å². The van der Waals surface area contributed by atoms with Crippen molar-refractivity contribution in [2.75, 3.05) is 0 Å². The fourth-order valence-electron chi connectivity index (χ4n) is 1.61. The van der Waals surface area contributed by atoms with Crippen molar-refractivity contribution in [2.24, 2.45) is 11.7 Å². The number of rotatable bonds is 2. The number of hydrogen-bond donors (Lipinski definition) is 3. The van der Waals surface area contributed by atoms with Crippen LogP contribution in [0.1, 0.15) is 19.3 Å². The molecular formula is C7H12N2O3. The highest BCUT2D eigenvalue weighted by Gasteiger charge is 2.33. The van der Waals surface area contributed by atoms with Gasteiger partial charge in [-0.2, -0.15) is 0 Å². The normalized spacial score (nSPS) is 28.3. The van der Waals surface area contributed by atoms with Gasteiger partial charge in [-0.15, -0.1) is 0 Å². The first-order chi connectivity index (χ1) is 5.61. The second-order valence-electron chi connectivity index (χ2n) is 2.99. The summed E-state index contributed by atoms with van der Waals surface area (Å²) in [6.07, 6.45) is 2.17. The maximum absolute atomic E-state index is 10.6. The molecule has 0 radical (unpaired) electrons. The van der Waals surface area contributed by atoms with Gasteiger partial charge in [0.2, 0.25) is 0 Å². The van der Waals surface area contributed by atoms with E-state index in [0.717, 1.165) is 6.42 Å². The summed E-state index contributed by atoms with van der Waals surface area (Å²) in [6.45, 7) is 0. The lowest BCUT2D eigenvalue weighted by atomic mass is 10.0. The van der Waals surface area contributed by atoms with Gasteiger partial charge in [-0.25, -0.2) is 4.79 Å². The number of hydrogen-bond acceptors (Lipinski definition) is 2. The molecule has 1 saturated carbocycles. The number of primary amides is 1. The number of nitrogens with one attached hydrogen (secondary N) is 1. The smallest absolute Gasteiger partial charge is 0.312 e. The number of amides is 2. The van der Waals surface area contributed by atoms with E-state index in [1.54, 1.807) is 0 Å². The molecule has 0 saturated heterocycles. The first-order valence-electron chi connectivity index (χ1n) is 3.90. The van der Waals surface area contributed by atoms with Crippen molar-refractivity contribution in [3.63, 3.8) is 0 Å². The van der Waals surface area contributed by atoms with Crippen LogP contribution in [-0.4, -0.2) is 23.1 Å². The number of carbonyl (C=O) groups is 2. The van der Waals surface area contributed by atoms with Crippen LogP contribution in [0, 0.1) is 5.92 Å². The third-order valence-electron chi connectivity index (χ3n) is 2.16. The number of carboxylic acid groups (broad SMARTS) is 1. The van der Waals surface area contributed by atoms with Crippen molar-refractivity contribution in [2.45, 2.75) is 25.3 Å². The molecule has 0 spiro atoms. The van der Waals surface area contributed by atoms with Crippen LogP contribution in [0.5, 0.6) is 0 Å². The monoisotopic (exact) mass is 172 g/mol. The highest BCUT2D eigenvalue weighted by atomic mass is 16.4. The molecule has 5 nitrogen and oxygen atoms in total. The van der Waals surface area contributed by atoms with E-state index >= 15 is 0 Å². The number of carbonyl (C=O) groups excluding carboxylic acids is 1. The van der Waals surface area contributed by atoms with E-state index in [4.69, 9.17) is 10.8 Å². The average molecular weight is 172 g/mol. The van der Waals surface area contributed by atoms with Crippen LogP contribution >= 0.6 is 0 Å². The summed E-state index contributed by atoms with van der Waals surface area (Å²) in [5.41, 5.74) is 4.89. The molecule has 12 heavy (non-hydrogen) atoms. The van der Waals surface area contributed by atoms with Crippen molar-refractivity contribution in [3.8, 4) is 0 Å². The highest BCUT2D eigenvalue weighted by Crippen LogP contribution is 2.25. The van der Waals surface area contributed by atoms with Crippen LogP contribution in [0.2, 0.25) is 0 Å². The summed E-state index contributed by atoms with van der Waals surface area (Å²) < 4.78 is 0. The molecule has 2 amide bonds. The van der Waals surface area contributed by atoms with Gasteiger partial charge in [0, 0.05) is 6.04 Å². The van der Waals surface area contributed by atoms with Gasteiger partial charge in [0.25, 0.3) is 0 Å². The fourth-order valence-corrected chi connectivity index (χ4v) is 1.61. The summed E-state index contributed by atoms with van der Waals surface area (Å²) >= 11 is 0. The predicted octanol–water partition coefficient (Wildman–Crippen LogP) is -0.0920. The lowest BCUT2D eigenvalue weighted by Crippen LogP contribution is -2.42. The van der Waals surface area contributed by atoms with Crippen LogP contribution in [0.4, 0.5) is 4.79 Å². The zero-order valence-electron chi connectivity index (χ0n) is 6.62. The first-order valence-corrected chi connectivity index (χ1v) is 3.90. The molecule has 0 aromatic rings. The summed E-state index contributed by atoms with van der Waals surface area (Å²) in [6, 6.07) is -0.923. The van der Waals surface area contributed by atoms with Crippen LogP contribution in [0.25, 0.3) is 0 Å². The van der Waals surface area contributed by atoms with Gasteiger partial charge in [-0.1, -0.05) is 6.42 Å². The van der Waals surface area contributed by atoms with Crippen molar-refractivity contribution in [3.05, 3.63) is 0 Å². The molecule has 0 aromatic carbocycles. The Morgan fingerprint density at radius 1 is 1.42 bits per heavy atom. The van der Waals surface area contributed by atoms with Crippen molar-refractivity contribution >= 4 is 12.0 Å². The predicted molar refractivity (Wildman–Crippen MR) is 41.5 cm³/mol. The Labute approximate surface area is 69.9 Å². The van der Waals surface area contributed by atoms with Crippen molar-refractivity contribution in [1.29, 1.82) is 0 Å². The number of aliphatic carboxylic acids is 1. The van der Waals surface area contributed by atoms with E-state index in [0.29, 0.717) is 12.8 Å². The third kappa shape index (κ3) is 1.87. The Balaban J connectivity index is 2.52. The zero-order valence-corrected chi connectivity index (χ0v) is 6.62. The Bertz CT molecular complexity index is 205. The zero-order chi connectivity index (χ0) is 9.14. The van der Waals surface area contributed by atoms with Gasteiger partial charge in [0.05, 0.1) is 5.92 Å². The van der Waals surface area contributed by atoms with Gasteiger partial charge < -0.3 is 16.2 Å². The minimum Gasteiger partial charge on any atom is -0.481 e. The lowest BCUT2D eigenvalue weighted by Gasteiger charge is -2.15. The SMILES string of the molecule is NC(=O)NC1CCCC1C(=O)O. The third-order valence-corrected chi connectivity index (χ3v) is 2.16. The standard InChI is InChI=1S/C7H12N2O3/c8-7(12)9-5-3-1-2-4(5)6(10)11/h4-5H,1-3H2,(H,10,11)(H3,8,9,12). The molecule has 1 aliphatic rings. The Morgan fingerprint density at radius 3 is 2.58 bits per heavy atom. The number of urea groups is 1. The van der Waals surface area contributed by atoms with E-state index < -0.39 is 17.9 Å². The van der Waals surface area contributed by atoms with E-state index in [2.05, 4.69) is 5.32 Å². The van der Waals surface area contributed by atoms with E-state index in [-0.39, 0.29) is 6.04 Å². The molecule has 1 aliphatic carbocycles. The molecule has 2 unspecified atom stereocenters. The maximum atomic E-state index is 10.6. The summed E-state index contributed by atoms with van der Waals surface area (Å²) in [5, 5.41) is 11.1. The molecule has 0 aromatic heterocycles. The van der Waals surface area contributed by atoms with E-state index in [1.165, 1.54) is 0 Å². The van der Waals surface area contributed by atoms with Crippen LogP contribution in [0.3, 0.4) is 0 Å². The van der Waals surface area contributed by atoms with Crippen LogP contribution < -0.4 is 11.1 Å². The summed E-state index contributed by atoms with van der Waals surface area (Å²) in [5.74, 6) is -1.32. The van der Waals surface area contributed by atoms with Gasteiger partial charge >= 0.3 is 12.0 Å². The molecule has 4 N–H and O–H groups in total. The minimum absolute atomic E-state index is 0.278. The quantitative estimate of drug-likeness (QED) is 0.543. The molecule has 2 atom stereocenters. The minimum atomic E-state index is -0.855. The second-order valence-corrected chi connectivity index (χ2v) is 2.99. The summed E-state index contributed by atoms with van der Waals surface area (Å²) in [7, 11) is 0.